The fourth-order valence-electron chi connectivity index (χ4n) is 2.66. The van der Waals surface area contributed by atoms with Crippen molar-refractivity contribution in [3.63, 3.8) is 0 Å². The van der Waals surface area contributed by atoms with Crippen molar-refractivity contribution in [3.05, 3.63) is 23.8 Å². The van der Waals surface area contributed by atoms with Crippen LogP contribution in [0.25, 0.3) is 0 Å². The van der Waals surface area contributed by atoms with E-state index in [1.165, 1.54) is 12.8 Å². The van der Waals surface area contributed by atoms with Crippen LogP contribution < -0.4 is 9.47 Å². The van der Waals surface area contributed by atoms with Crippen LogP contribution in [-0.2, 0) is 19.0 Å². The van der Waals surface area contributed by atoms with Gasteiger partial charge in [-0.15, -0.1) is 0 Å². The first-order chi connectivity index (χ1) is 11.6. The molecule has 1 heterocycles. The van der Waals surface area contributed by atoms with Gasteiger partial charge in [0.1, 0.15) is 0 Å². The predicted molar refractivity (Wildman–Crippen MR) is 101 cm³/mol. The highest BCUT2D eigenvalue weighted by Crippen LogP contribution is 2.36. The van der Waals surface area contributed by atoms with Crippen molar-refractivity contribution in [2.24, 2.45) is 0 Å². The smallest absolute Gasteiger partial charge is 0.521 e. The summed E-state index contributed by atoms with van der Waals surface area (Å²) in [4.78, 5) is 12.4. The maximum atomic E-state index is 12.4. The summed E-state index contributed by atoms with van der Waals surface area (Å²) in [5.41, 5.74) is 1.12. The zero-order chi connectivity index (χ0) is 18.0. The molecule has 0 spiro atoms. The van der Waals surface area contributed by atoms with Gasteiger partial charge in [-0.1, -0.05) is 31.9 Å². The van der Waals surface area contributed by atoms with Crippen LogP contribution in [0.1, 0.15) is 46.1 Å². The monoisotopic (exact) mass is 353 g/mol. The Bertz CT molecular complexity index is 505. The maximum absolute atomic E-state index is 12.4. The summed E-state index contributed by atoms with van der Waals surface area (Å²) in [7, 11) is 0. The Kier molecular flexibility index (Phi) is 9.22. The van der Waals surface area contributed by atoms with Crippen molar-refractivity contribution in [1.29, 1.82) is 0 Å². The molecule has 1 aliphatic rings. The van der Waals surface area contributed by atoms with Crippen LogP contribution in [0.15, 0.2) is 18.2 Å². The van der Waals surface area contributed by atoms with E-state index in [9.17, 15) is 4.79 Å². The Balaban J connectivity index is 0.000000505. The Hall–Kier alpha value is -1.20. The molecule has 1 amide bonds. The molecule has 5 heteroatoms. The van der Waals surface area contributed by atoms with Gasteiger partial charge >= 0.3 is 6.09 Å². The van der Waals surface area contributed by atoms with Gasteiger partial charge in [-0.25, -0.2) is 4.48 Å². The minimum Gasteiger partial charge on any atom is -0.793 e. The van der Waals surface area contributed by atoms with Gasteiger partial charge in [-0.2, -0.15) is 10.5 Å². The molecule has 2 rings (SSSR count). The van der Waals surface area contributed by atoms with Crippen LogP contribution in [0.5, 0.6) is 11.5 Å². The average molecular weight is 354 g/mol. The molecule has 0 bridgehead atoms. The molecule has 0 aliphatic carbocycles. The largest absolute Gasteiger partial charge is 0.793 e. The molecular formula is C19H31NO3S. The summed E-state index contributed by atoms with van der Waals surface area (Å²) in [6.45, 7) is 11.1. The van der Waals surface area contributed by atoms with Gasteiger partial charge in [0.05, 0.1) is 26.2 Å². The number of amides is 1. The molecule has 1 aromatic carbocycles. The molecule has 0 unspecified atom stereocenters. The first kappa shape index (κ1) is 20.8. The van der Waals surface area contributed by atoms with Gasteiger partial charge in [0, 0.05) is 12.0 Å². The standard InChI is InChI=1S/C15H22NO3.C4H10S/c1-4-16(5-2,6-3)15(17)19-13-9-7-8-12-10-11-18-14(12)13;1-2-3-4-5/h7-9H,4-6,10-11H2,1-3H3;5H,2-4H2,1H3/q+1;/p-1. The lowest BCUT2D eigenvalue weighted by molar-refractivity contribution is -0.850. The van der Waals surface area contributed by atoms with Gasteiger partial charge in [0.25, 0.3) is 0 Å². The highest BCUT2D eigenvalue weighted by atomic mass is 32.1. The molecule has 0 atom stereocenters. The summed E-state index contributed by atoms with van der Waals surface area (Å²) in [5, 5.41) is 0. The molecule has 1 aliphatic heterocycles. The van der Waals surface area contributed by atoms with E-state index in [-0.39, 0.29) is 6.09 Å². The number of carbonyl (C=O) groups is 1. The van der Waals surface area contributed by atoms with Crippen molar-refractivity contribution in [3.8, 4) is 11.5 Å². The lowest BCUT2D eigenvalue weighted by atomic mass is 10.1. The highest BCUT2D eigenvalue weighted by molar-refractivity contribution is 7.58. The first-order valence-corrected chi connectivity index (χ1v) is 9.57. The Morgan fingerprint density at radius 2 is 1.88 bits per heavy atom. The Morgan fingerprint density at radius 3 is 2.38 bits per heavy atom. The molecule has 0 saturated heterocycles. The van der Waals surface area contributed by atoms with Crippen molar-refractivity contribution in [2.45, 2.75) is 47.0 Å². The van der Waals surface area contributed by atoms with Crippen LogP contribution in [0.2, 0.25) is 0 Å². The number of hydrogen-bond acceptors (Lipinski definition) is 4. The van der Waals surface area contributed by atoms with Crippen molar-refractivity contribution in [2.75, 3.05) is 32.0 Å². The van der Waals surface area contributed by atoms with Crippen LogP contribution in [-0.4, -0.2) is 42.6 Å². The summed E-state index contributed by atoms with van der Waals surface area (Å²) in [5.74, 6) is 2.21. The van der Waals surface area contributed by atoms with Gasteiger partial charge in [-0.3, -0.25) is 0 Å². The minimum atomic E-state index is -0.198. The topological polar surface area (TPSA) is 35.5 Å². The number of ether oxygens (including phenoxy) is 2. The van der Waals surface area contributed by atoms with Crippen molar-refractivity contribution in [1.82, 2.24) is 0 Å². The van der Waals surface area contributed by atoms with Gasteiger partial charge < -0.3 is 22.1 Å². The fraction of sp³-hybridized carbons (Fsp3) is 0.632. The zero-order valence-corrected chi connectivity index (χ0v) is 16.3. The SMILES string of the molecule is CCCC[S-].CC[N+](CC)(CC)C(=O)Oc1cccc2c1OCC2. The first-order valence-electron chi connectivity index (χ1n) is 8.99. The van der Waals surface area contributed by atoms with E-state index in [1.54, 1.807) is 6.07 Å². The number of quaternary nitrogens is 1. The Labute approximate surface area is 152 Å². The number of hydrogen-bond donors (Lipinski definition) is 0. The van der Waals surface area contributed by atoms with Crippen molar-refractivity contribution >= 4 is 18.7 Å². The quantitative estimate of drug-likeness (QED) is 0.563. The third-order valence-corrected chi connectivity index (χ3v) is 4.87. The van der Waals surface area contributed by atoms with Crippen molar-refractivity contribution < 1.29 is 18.8 Å². The van der Waals surface area contributed by atoms with Crippen LogP contribution >= 0.6 is 0 Å². The molecule has 0 saturated carbocycles. The number of nitrogens with zero attached hydrogens (tertiary/aromatic N) is 1. The van der Waals surface area contributed by atoms with Crippen LogP contribution in [0.3, 0.4) is 0 Å². The second kappa shape index (κ2) is 10.6. The third kappa shape index (κ3) is 5.15. The molecule has 24 heavy (non-hydrogen) atoms. The number of rotatable bonds is 6. The van der Waals surface area contributed by atoms with Gasteiger partial charge in [-0.05, 0) is 26.8 Å². The lowest BCUT2D eigenvalue weighted by Gasteiger charge is -2.30. The molecular weight excluding hydrogens is 322 g/mol. The number of benzene rings is 1. The molecule has 1 aromatic rings. The zero-order valence-electron chi connectivity index (χ0n) is 15.5. The second-order valence-electron chi connectivity index (χ2n) is 5.86. The minimum absolute atomic E-state index is 0.198. The number of unbranched alkanes of at least 4 members (excludes halogenated alkanes) is 1. The van der Waals surface area contributed by atoms with Crippen LogP contribution in [0, 0.1) is 0 Å². The molecule has 4 nitrogen and oxygen atoms in total. The Morgan fingerprint density at radius 1 is 1.21 bits per heavy atom. The predicted octanol–water partition coefficient (Wildman–Crippen LogP) is 4.33. The molecule has 0 fully saturated rings. The summed E-state index contributed by atoms with van der Waals surface area (Å²) < 4.78 is 11.5. The van der Waals surface area contributed by atoms with E-state index in [4.69, 9.17) is 9.47 Å². The van der Waals surface area contributed by atoms with E-state index < -0.39 is 0 Å². The average Bonchev–Trinajstić information content (AvgIpc) is 3.08. The molecule has 0 radical (unpaired) electrons. The van der Waals surface area contributed by atoms with Crippen LogP contribution in [0.4, 0.5) is 4.79 Å². The molecule has 136 valence electrons. The molecule has 0 N–H and O–H groups in total. The highest BCUT2D eigenvalue weighted by Gasteiger charge is 2.35. The number of para-hydroxylation sites is 1. The van der Waals surface area contributed by atoms with E-state index in [0.29, 0.717) is 16.8 Å². The summed E-state index contributed by atoms with van der Waals surface area (Å²) >= 11 is 4.65. The summed E-state index contributed by atoms with van der Waals surface area (Å²) in [6, 6.07) is 5.73. The van der Waals surface area contributed by atoms with Gasteiger partial charge in [0.2, 0.25) is 0 Å². The van der Waals surface area contributed by atoms with E-state index >= 15 is 0 Å². The lowest BCUT2D eigenvalue weighted by Crippen LogP contribution is -2.53. The summed E-state index contributed by atoms with van der Waals surface area (Å²) in [6.07, 6.45) is 3.13. The van der Waals surface area contributed by atoms with E-state index in [1.807, 2.05) is 32.9 Å². The number of carbonyl (C=O) groups excluding carboxylic acids is 1. The maximum Gasteiger partial charge on any atom is 0.521 e. The normalized spacial score (nSPS) is 12.7. The molecule has 0 aromatic heterocycles. The third-order valence-electron chi connectivity index (χ3n) is 4.58. The fourth-order valence-corrected chi connectivity index (χ4v) is 2.95. The van der Waals surface area contributed by atoms with E-state index in [2.05, 4.69) is 19.6 Å². The number of fused-ring (bicyclic) bond motifs is 1. The van der Waals surface area contributed by atoms with Gasteiger partial charge in [0.15, 0.2) is 11.5 Å². The van der Waals surface area contributed by atoms with E-state index in [0.717, 1.165) is 43.1 Å². The second-order valence-corrected chi connectivity index (χ2v) is 6.27.